The minimum Gasteiger partial charge on any atom is -0.369 e. The van der Waals surface area contributed by atoms with Gasteiger partial charge in [0.25, 0.3) is 0 Å². The zero-order chi connectivity index (χ0) is 56.7. The number of primary amides is 3. The van der Waals surface area contributed by atoms with Crippen molar-refractivity contribution in [1.82, 2.24) is 16.0 Å². The van der Waals surface area contributed by atoms with E-state index in [1.165, 1.54) is 16.7 Å². The maximum absolute atomic E-state index is 13.0. The Morgan fingerprint density at radius 2 is 0.825 bits per heavy atom. The van der Waals surface area contributed by atoms with Crippen molar-refractivity contribution in [1.29, 1.82) is 0 Å². The summed E-state index contributed by atoms with van der Waals surface area (Å²) < 4.78 is 0. The fraction of sp³-hybridized carbons (Fsp3) is 0.343. The first-order chi connectivity index (χ1) is 38.8. The molecule has 0 bridgehead atoms. The highest BCUT2D eigenvalue weighted by molar-refractivity contribution is 6.09. The number of amides is 3. The molecule has 10 rings (SSSR count). The summed E-state index contributed by atoms with van der Waals surface area (Å²) in [6.07, 6.45) is 3.44. The molecule has 7 aromatic carbocycles. The second-order valence-corrected chi connectivity index (χ2v) is 22.5. The van der Waals surface area contributed by atoms with E-state index < -0.39 is 16.2 Å². The van der Waals surface area contributed by atoms with Gasteiger partial charge in [-0.05, 0) is 115 Å². The summed E-state index contributed by atoms with van der Waals surface area (Å²) in [7, 11) is 0. The van der Waals surface area contributed by atoms with Crippen molar-refractivity contribution < 1.29 is 19.2 Å². The van der Waals surface area contributed by atoms with Gasteiger partial charge in [0.05, 0.1) is 16.2 Å². The molecule has 3 heterocycles. The first-order valence-electron chi connectivity index (χ1n) is 28.8. The van der Waals surface area contributed by atoms with Gasteiger partial charge >= 0.3 is 0 Å². The lowest BCUT2D eigenvalue weighted by atomic mass is 9.56. The Bertz CT molecular complexity index is 3090. The molecule has 3 aliphatic rings. The molecule has 9 atom stereocenters. The van der Waals surface area contributed by atoms with E-state index in [1.54, 1.807) is 18.2 Å². The average molecular weight is 1070 g/mol. The molecule has 0 spiro atoms. The predicted molar refractivity (Wildman–Crippen MR) is 323 cm³/mol. The van der Waals surface area contributed by atoms with Crippen LogP contribution in [0.1, 0.15) is 120 Å². The Kier molecular flexibility index (Phi) is 19.9. The molecule has 3 amide bonds. The van der Waals surface area contributed by atoms with Crippen molar-refractivity contribution in [3.8, 4) is 0 Å². The number of nitrogens with two attached hydrogens (primary N) is 3. The van der Waals surface area contributed by atoms with Gasteiger partial charge in [-0.1, -0.05) is 221 Å². The monoisotopic (exact) mass is 1070 g/mol. The van der Waals surface area contributed by atoms with E-state index in [-0.39, 0.29) is 64.9 Å². The van der Waals surface area contributed by atoms with Crippen LogP contribution in [0.4, 0.5) is 0 Å². The molecule has 7 aromatic rings. The number of rotatable bonds is 16. The zero-order valence-electron chi connectivity index (χ0n) is 47.1. The molecule has 80 heavy (non-hydrogen) atoms. The molecule has 9 N–H and O–H groups in total. The van der Waals surface area contributed by atoms with E-state index in [4.69, 9.17) is 17.2 Å². The van der Waals surface area contributed by atoms with E-state index in [1.807, 2.05) is 110 Å². The highest BCUT2D eigenvalue weighted by atomic mass is 16.2. The van der Waals surface area contributed by atoms with Gasteiger partial charge in [0.1, 0.15) is 0 Å². The lowest BCUT2D eigenvalue weighted by molar-refractivity contribution is -0.129. The maximum atomic E-state index is 13.0. The summed E-state index contributed by atoms with van der Waals surface area (Å²) in [5, 5.41) is 10.5. The average Bonchev–Trinajstić information content (AvgIpc) is 3.54. The number of hydrogen-bond donors (Lipinski definition) is 6. The molecule has 0 radical (unpaired) electrons. The second kappa shape index (κ2) is 27.1. The predicted octanol–water partition coefficient (Wildman–Crippen LogP) is 10.7. The SMILES string of the molecule is CC(C(N)=O)(c1cccc(C(=O)c2ccccc2)c1)C1CCNCC1c1ccccc1.CC(C)C(C(N)=O)(c1ccccc1)C1CCNCC1c1ccccc1.CCC(C(N)=O)(c1ccccc1)C1CCNCC1c1ccccc1. The first-order valence-corrected chi connectivity index (χ1v) is 28.8. The number of ketones is 1. The van der Waals surface area contributed by atoms with E-state index >= 15 is 0 Å². The highest BCUT2D eigenvalue weighted by Gasteiger charge is 2.52. The molecule has 0 aliphatic carbocycles. The van der Waals surface area contributed by atoms with E-state index in [9.17, 15) is 19.2 Å². The highest BCUT2D eigenvalue weighted by Crippen LogP contribution is 2.50. The fourth-order valence-electron chi connectivity index (χ4n) is 14.0. The van der Waals surface area contributed by atoms with E-state index in [2.05, 4.69) is 122 Å². The van der Waals surface area contributed by atoms with E-state index in [0.29, 0.717) is 11.1 Å². The number of nitrogens with one attached hydrogen (secondary N) is 3. The van der Waals surface area contributed by atoms with Crippen LogP contribution < -0.4 is 33.2 Å². The Hall–Kier alpha value is -7.50. The van der Waals surface area contributed by atoms with Gasteiger partial charge in [0.2, 0.25) is 17.7 Å². The van der Waals surface area contributed by atoms with Crippen molar-refractivity contribution >= 4 is 23.5 Å². The maximum Gasteiger partial charge on any atom is 0.228 e. The van der Waals surface area contributed by atoms with Gasteiger partial charge in [0.15, 0.2) is 5.78 Å². The fourth-order valence-corrected chi connectivity index (χ4v) is 14.0. The summed E-state index contributed by atoms with van der Waals surface area (Å²) in [5.41, 5.74) is 23.9. The molecule has 10 nitrogen and oxygen atoms in total. The summed E-state index contributed by atoms with van der Waals surface area (Å²) in [6, 6.07) is 68.2. The molecular formula is C70H82N6O4. The summed E-state index contributed by atoms with van der Waals surface area (Å²) in [5.74, 6) is 0.410. The number of hydrogen-bond acceptors (Lipinski definition) is 7. The third-order valence-corrected chi connectivity index (χ3v) is 18.2. The van der Waals surface area contributed by atoms with Gasteiger partial charge in [-0.3, -0.25) is 19.2 Å². The zero-order valence-corrected chi connectivity index (χ0v) is 47.1. The standard InChI is InChI=1S/C27H28N2O2.C22H28N2O.C21H26N2O/c1-27(26(28)31,24-15-16-29-18-23(24)19-9-4-2-5-10-19)22-14-8-13-21(17-22)25(30)20-11-6-3-7-12-20;1-16(2)22(21(23)25,18-11-7-4-8-12-18)20-13-14-24-15-19(20)17-9-5-3-6-10-17;1-2-21(20(22)24,17-11-7-4-8-12-17)19-13-14-23-15-18(19)16-9-5-3-6-10-16/h2-14,17,23-24,29H,15-16,18H2,1H3,(H2,28,31);3-12,16,19-20,24H,13-15H2,1-2H3,(H2,23,25);3-12,18-19,23H,2,13-15H2,1H3,(H2,22,24). The smallest absolute Gasteiger partial charge is 0.228 e. The van der Waals surface area contributed by atoms with Crippen molar-refractivity contribution in [2.45, 2.75) is 87.4 Å². The van der Waals surface area contributed by atoms with Crippen LogP contribution in [0.3, 0.4) is 0 Å². The Balaban J connectivity index is 0.000000159. The minimum absolute atomic E-state index is 0.0238. The van der Waals surface area contributed by atoms with Crippen LogP contribution in [0.25, 0.3) is 0 Å². The van der Waals surface area contributed by atoms with Crippen molar-refractivity contribution in [2.75, 3.05) is 39.3 Å². The largest absolute Gasteiger partial charge is 0.369 e. The second-order valence-electron chi connectivity index (χ2n) is 22.5. The molecule has 10 heteroatoms. The van der Waals surface area contributed by atoms with Crippen LogP contribution in [0.2, 0.25) is 0 Å². The van der Waals surface area contributed by atoms with Gasteiger partial charge in [-0.2, -0.15) is 0 Å². The van der Waals surface area contributed by atoms with Crippen molar-refractivity contribution in [3.05, 3.63) is 251 Å². The van der Waals surface area contributed by atoms with Crippen LogP contribution in [0.5, 0.6) is 0 Å². The topological polar surface area (TPSA) is 182 Å². The van der Waals surface area contributed by atoms with Gasteiger partial charge in [-0.15, -0.1) is 0 Å². The lowest BCUT2D eigenvalue weighted by Crippen LogP contribution is -2.56. The molecule has 3 aliphatic heterocycles. The van der Waals surface area contributed by atoms with Crippen LogP contribution in [0.15, 0.2) is 206 Å². The molecule has 3 saturated heterocycles. The third-order valence-electron chi connectivity index (χ3n) is 18.2. The van der Waals surface area contributed by atoms with Crippen LogP contribution in [0, 0.1) is 23.7 Å². The molecule has 416 valence electrons. The number of carbonyl (C=O) groups is 4. The first kappa shape index (κ1) is 58.6. The number of benzene rings is 7. The Morgan fingerprint density at radius 3 is 1.25 bits per heavy atom. The van der Waals surface area contributed by atoms with E-state index in [0.717, 1.165) is 81.6 Å². The van der Waals surface area contributed by atoms with Crippen LogP contribution in [-0.4, -0.2) is 62.8 Å². The Labute approximate surface area is 474 Å². The van der Waals surface area contributed by atoms with Crippen LogP contribution >= 0.6 is 0 Å². The third kappa shape index (κ3) is 12.3. The molecule has 0 aromatic heterocycles. The summed E-state index contributed by atoms with van der Waals surface area (Å²) in [4.78, 5) is 51.7. The summed E-state index contributed by atoms with van der Waals surface area (Å²) >= 11 is 0. The summed E-state index contributed by atoms with van der Waals surface area (Å²) in [6.45, 7) is 13.5. The van der Waals surface area contributed by atoms with Gasteiger partial charge in [-0.25, -0.2) is 0 Å². The molecule has 0 saturated carbocycles. The van der Waals surface area contributed by atoms with Gasteiger partial charge in [0, 0.05) is 48.5 Å². The molecular weight excluding hydrogens is 989 g/mol. The van der Waals surface area contributed by atoms with Gasteiger partial charge < -0.3 is 33.2 Å². The number of carbonyl (C=O) groups excluding carboxylic acids is 4. The minimum atomic E-state index is -0.893. The molecule has 3 fully saturated rings. The normalized spacial score (nSPS) is 22.2. The lowest BCUT2D eigenvalue weighted by Gasteiger charge is -2.48. The van der Waals surface area contributed by atoms with Crippen molar-refractivity contribution in [2.24, 2.45) is 40.9 Å². The quantitative estimate of drug-likeness (QED) is 0.0521. The number of piperidine rings is 3. The van der Waals surface area contributed by atoms with Crippen molar-refractivity contribution in [3.63, 3.8) is 0 Å². The Morgan fingerprint density at radius 1 is 0.450 bits per heavy atom. The molecule has 9 unspecified atom stereocenters. The van der Waals surface area contributed by atoms with Crippen LogP contribution in [-0.2, 0) is 30.6 Å².